The average molecular weight is 665 g/mol. The zero-order valence-electron chi connectivity index (χ0n) is 23.9. The van der Waals surface area contributed by atoms with Gasteiger partial charge in [0.2, 0.25) is 0 Å². The summed E-state index contributed by atoms with van der Waals surface area (Å²) in [7, 11) is 2.01. The van der Waals surface area contributed by atoms with Gasteiger partial charge in [0.15, 0.2) is 0 Å². The Hall–Kier alpha value is -4.80. The van der Waals surface area contributed by atoms with E-state index in [-0.39, 0.29) is 17.5 Å². The van der Waals surface area contributed by atoms with Crippen LogP contribution in [0.2, 0.25) is 0 Å². The van der Waals surface area contributed by atoms with Crippen LogP contribution in [-0.4, -0.2) is 76.5 Å². The number of carboxylic acid groups (broad SMARTS) is 2. The average Bonchev–Trinajstić information content (AvgIpc) is 2.97. The van der Waals surface area contributed by atoms with Gasteiger partial charge < -0.3 is 20.4 Å². The van der Waals surface area contributed by atoms with Crippen LogP contribution in [0, 0.1) is 11.6 Å². The van der Waals surface area contributed by atoms with E-state index in [9.17, 15) is 39.9 Å². The number of rotatable bonds is 6. The lowest BCUT2D eigenvalue weighted by atomic mass is 10.0. The molecule has 17 heteroatoms. The fourth-order valence-electron chi connectivity index (χ4n) is 4.04. The summed E-state index contributed by atoms with van der Waals surface area (Å²) in [4.78, 5) is 39.2. The van der Waals surface area contributed by atoms with Crippen molar-refractivity contribution in [2.45, 2.75) is 37.8 Å². The predicted molar refractivity (Wildman–Crippen MR) is 149 cm³/mol. The molecule has 1 aliphatic heterocycles. The van der Waals surface area contributed by atoms with Gasteiger partial charge in [0.1, 0.15) is 17.5 Å². The molecule has 3 aromatic rings. The molecule has 2 heterocycles. The number of hydrogen-bond acceptors (Lipinski definition) is 6. The number of benzene rings is 2. The Bertz CT molecular complexity index is 1440. The quantitative estimate of drug-likeness (QED) is 0.275. The van der Waals surface area contributed by atoms with Crippen LogP contribution in [0.4, 0.5) is 46.6 Å². The van der Waals surface area contributed by atoms with E-state index < -0.39 is 24.3 Å². The molecule has 4 rings (SSSR count). The van der Waals surface area contributed by atoms with Crippen molar-refractivity contribution in [2.75, 3.05) is 30.4 Å². The third-order valence-corrected chi connectivity index (χ3v) is 6.36. The molecule has 2 aromatic carbocycles. The summed E-state index contributed by atoms with van der Waals surface area (Å²) in [6.45, 7) is 2.59. The van der Waals surface area contributed by atoms with Crippen LogP contribution < -0.4 is 10.2 Å². The number of pyridine rings is 1. The van der Waals surface area contributed by atoms with Crippen molar-refractivity contribution < 1.29 is 59.7 Å². The molecule has 0 radical (unpaired) electrons. The molecule has 1 amide bonds. The highest BCUT2D eigenvalue weighted by atomic mass is 19.4. The third kappa shape index (κ3) is 12.7. The van der Waals surface area contributed by atoms with E-state index >= 15 is 0 Å². The van der Waals surface area contributed by atoms with Crippen molar-refractivity contribution >= 4 is 29.4 Å². The number of carbonyl (C=O) groups excluding carboxylic acids is 1. The van der Waals surface area contributed by atoms with Crippen LogP contribution in [0.5, 0.6) is 0 Å². The molecule has 250 valence electrons. The molecule has 46 heavy (non-hydrogen) atoms. The van der Waals surface area contributed by atoms with Crippen molar-refractivity contribution in [3.8, 4) is 0 Å². The van der Waals surface area contributed by atoms with Crippen LogP contribution in [0.3, 0.4) is 0 Å². The summed E-state index contributed by atoms with van der Waals surface area (Å²) in [5.74, 6) is -5.60. The highest BCUT2D eigenvalue weighted by molar-refractivity contribution is 6.04. The highest BCUT2D eigenvalue weighted by Crippen LogP contribution is 2.24. The molecule has 0 unspecified atom stereocenters. The normalized spacial score (nSPS) is 13.8. The van der Waals surface area contributed by atoms with Crippen molar-refractivity contribution in [2.24, 2.45) is 0 Å². The molecule has 1 aliphatic rings. The first-order valence-electron chi connectivity index (χ1n) is 13.2. The summed E-state index contributed by atoms with van der Waals surface area (Å²) in [6.07, 6.45) is -6.55. The number of hydrogen-bond donors (Lipinski definition) is 3. The lowest BCUT2D eigenvalue weighted by molar-refractivity contribution is -0.193. The molecule has 0 saturated carbocycles. The van der Waals surface area contributed by atoms with Crippen LogP contribution in [0.25, 0.3) is 0 Å². The largest absolute Gasteiger partial charge is 0.490 e. The molecule has 3 N–H and O–H groups in total. The zero-order chi connectivity index (χ0) is 34.7. The van der Waals surface area contributed by atoms with E-state index in [0.717, 1.165) is 43.9 Å². The molecule has 1 saturated heterocycles. The molecule has 1 aromatic heterocycles. The fraction of sp³-hybridized carbons (Fsp3) is 0.310. The predicted octanol–water partition coefficient (Wildman–Crippen LogP) is 5.98. The van der Waals surface area contributed by atoms with Crippen LogP contribution in [-0.2, 0) is 16.1 Å². The molecular weight excluding hydrogens is 636 g/mol. The van der Waals surface area contributed by atoms with Crippen LogP contribution in [0.1, 0.15) is 28.8 Å². The molecule has 0 aliphatic carbocycles. The minimum Gasteiger partial charge on any atom is -0.475 e. The van der Waals surface area contributed by atoms with Gasteiger partial charge in [-0.1, -0.05) is 12.1 Å². The Balaban J connectivity index is 0.000000440. The highest BCUT2D eigenvalue weighted by Gasteiger charge is 2.38. The number of likely N-dealkylation sites (tertiary alicyclic amines) is 1. The van der Waals surface area contributed by atoms with Crippen LogP contribution in [0.15, 0.2) is 66.9 Å². The maximum Gasteiger partial charge on any atom is 0.490 e. The first-order chi connectivity index (χ1) is 21.4. The number of carbonyl (C=O) groups is 3. The lowest BCUT2D eigenvalue weighted by Gasteiger charge is -2.37. The van der Waals surface area contributed by atoms with Crippen molar-refractivity contribution in [3.63, 3.8) is 0 Å². The van der Waals surface area contributed by atoms with Gasteiger partial charge in [-0.25, -0.2) is 23.4 Å². The second-order valence-electron chi connectivity index (χ2n) is 9.72. The van der Waals surface area contributed by atoms with Gasteiger partial charge >= 0.3 is 24.3 Å². The Morgan fingerprint density at radius 3 is 1.91 bits per heavy atom. The van der Waals surface area contributed by atoms with E-state index in [1.54, 1.807) is 24.4 Å². The van der Waals surface area contributed by atoms with E-state index in [4.69, 9.17) is 19.8 Å². The smallest absolute Gasteiger partial charge is 0.475 e. The molecule has 1 fully saturated rings. The Labute approximate surface area is 257 Å². The maximum atomic E-state index is 13.4. The van der Waals surface area contributed by atoms with E-state index in [2.05, 4.69) is 20.1 Å². The standard InChI is InChI=1S/C25H26F2N4O.2C2HF3O2/c1-30(23-10-13-31(14-11-23)17-18-3-2-4-21(27)15-18)24-16-22(9-12-28-24)29-25(32)19-5-7-20(26)8-6-19;2*3-2(4,5)1(6)7/h2-9,12,15-16,23H,10-11,13-14,17H2,1H3,(H,28,29,32);2*(H,6,7). The number of alkyl halides is 6. The number of amides is 1. The number of halogens is 8. The van der Waals surface area contributed by atoms with Gasteiger partial charge in [0.05, 0.1) is 0 Å². The van der Waals surface area contributed by atoms with E-state index in [1.807, 2.05) is 19.2 Å². The maximum absolute atomic E-state index is 13.4. The van der Waals surface area contributed by atoms with Crippen molar-refractivity contribution in [1.82, 2.24) is 9.88 Å². The topological polar surface area (TPSA) is 123 Å². The summed E-state index contributed by atoms with van der Waals surface area (Å²) in [5.41, 5.74) is 2.02. The SMILES string of the molecule is CN(c1cc(NC(=O)c2ccc(F)cc2)ccn1)C1CCN(Cc2cccc(F)c2)CC1.O=C(O)C(F)(F)F.O=C(O)C(F)(F)F. The van der Waals surface area contributed by atoms with Crippen LogP contribution >= 0.6 is 0 Å². The minimum absolute atomic E-state index is 0.199. The second-order valence-corrected chi connectivity index (χ2v) is 9.72. The number of nitrogens with zero attached hydrogens (tertiary/aromatic N) is 3. The molecule has 0 bridgehead atoms. The molecular formula is C29H28F8N4O5. The minimum atomic E-state index is -5.08. The van der Waals surface area contributed by atoms with Crippen molar-refractivity contribution in [1.29, 1.82) is 0 Å². The summed E-state index contributed by atoms with van der Waals surface area (Å²) >= 11 is 0. The summed E-state index contributed by atoms with van der Waals surface area (Å²) < 4.78 is 90.0. The Morgan fingerprint density at radius 1 is 0.870 bits per heavy atom. The summed E-state index contributed by atoms with van der Waals surface area (Å²) in [6, 6.07) is 16.1. The Morgan fingerprint density at radius 2 is 1.41 bits per heavy atom. The van der Waals surface area contributed by atoms with Crippen molar-refractivity contribution in [3.05, 3.63) is 89.6 Å². The molecule has 0 atom stereocenters. The lowest BCUT2D eigenvalue weighted by Crippen LogP contribution is -2.43. The number of nitrogens with one attached hydrogen (secondary N) is 1. The molecule has 9 nitrogen and oxygen atoms in total. The number of carboxylic acids is 2. The monoisotopic (exact) mass is 664 g/mol. The van der Waals surface area contributed by atoms with E-state index in [1.165, 1.54) is 30.3 Å². The Kier molecular flexibility index (Phi) is 13.4. The second kappa shape index (κ2) is 16.5. The number of piperidine rings is 1. The van der Waals surface area contributed by atoms with Gasteiger partial charge in [0.25, 0.3) is 5.91 Å². The van der Waals surface area contributed by atoms with Gasteiger partial charge in [-0.05, 0) is 60.9 Å². The third-order valence-electron chi connectivity index (χ3n) is 6.36. The number of anilines is 2. The fourth-order valence-corrected chi connectivity index (χ4v) is 4.04. The van der Waals surface area contributed by atoms with Gasteiger partial charge in [-0.2, -0.15) is 26.3 Å². The zero-order valence-corrected chi connectivity index (χ0v) is 23.9. The molecule has 0 spiro atoms. The summed E-state index contributed by atoms with van der Waals surface area (Å²) in [5, 5.41) is 17.1. The number of aliphatic carboxylic acids is 2. The first-order valence-corrected chi connectivity index (χ1v) is 13.2. The van der Waals surface area contributed by atoms with Gasteiger partial charge in [-0.3, -0.25) is 9.69 Å². The first kappa shape index (κ1) is 37.4. The van der Waals surface area contributed by atoms with Gasteiger partial charge in [-0.15, -0.1) is 0 Å². The van der Waals surface area contributed by atoms with E-state index in [0.29, 0.717) is 17.3 Å². The van der Waals surface area contributed by atoms with Gasteiger partial charge in [0, 0.05) is 56.2 Å². The number of aromatic nitrogens is 1.